The van der Waals surface area contributed by atoms with Crippen molar-refractivity contribution in [2.24, 2.45) is 0 Å². The van der Waals surface area contributed by atoms with Crippen molar-refractivity contribution in [3.8, 4) is 0 Å². The number of aromatic nitrogens is 1. The van der Waals surface area contributed by atoms with Gasteiger partial charge >= 0.3 is 0 Å². The van der Waals surface area contributed by atoms with E-state index in [0.717, 1.165) is 18.7 Å². The zero-order valence-electron chi connectivity index (χ0n) is 12.3. The monoisotopic (exact) mass is 287 g/mol. The summed E-state index contributed by atoms with van der Waals surface area (Å²) in [5, 5.41) is 3.06. The van der Waals surface area contributed by atoms with Crippen molar-refractivity contribution in [2.45, 2.75) is 45.2 Å². The maximum Gasteiger partial charge on any atom is 0.244 e. The van der Waals surface area contributed by atoms with Gasteiger partial charge in [0.1, 0.15) is 4.90 Å². The summed E-state index contributed by atoms with van der Waals surface area (Å²) in [6.07, 6.45) is 2.56. The van der Waals surface area contributed by atoms with E-state index in [2.05, 4.69) is 5.32 Å². The van der Waals surface area contributed by atoms with Gasteiger partial charge in [-0.1, -0.05) is 13.8 Å². The summed E-state index contributed by atoms with van der Waals surface area (Å²) in [6.45, 7) is 8.39. The lowest BCUT2D eigenvalue weighted by Gasteiger charge is -2.18. The van der Waals surface area contributed by atoms with E-state index in [1.165, 1.54) is 4.31 Å². The van der Waals surface area contributed by atoms with Gasteiger partial charge < -0.3 is 9.88 Å². The normalized spacial score (nSPS) is 12.3. The third-order valence-electron chi connectivity index (χ3n) is 3.12. The molecule has 1 N–H and O–H groups in total. The SMILES string of the molecule is CCCN(CC)S(=O)(=O)c1cc(CNC)n(CC)c1. The molecule has 0 unspecified atom stereocenters. The average molecular weight is 287 g/mol. The number of rotatable bonds is 8. The van der Waals surface area contributed by atoms with Crippen LogP contribution in [0.15, 0.2) is 17.2 Å². The first kappa shape index (κ1) is 16.2. The van der Waals surface area contributed by atoms with Crippen molar-refractivity contribution < 1.29 is 8.42 Å². The van der Waals surface area contributed by atoms with Crippen LogP contribution < -0.4 is 5.32 Å². The molecule has 0 atom stereocenters. The van der Waals surface area contributed by atoms with E-state index in [1.54, 1.807) is 12.3 Å². The van der Waals surface area contributed by atoms with Gasteiger partial charge in [-0.2, -0.15) is 4.31 Å². The third kappa shape index (κ3) is 3.58. The van der Waals surface area contributed by atoms with E-state index in [9.17, 15) is 8.42 Å². The number of nitrogens with one attached hydrogen (secondary N) is 1. The van der Waals surface area contributed by atoms with Crippen LogP contribution in [-0.4, -0.2) is 37.4 Å². The molecule has 1 rings (SSSR count). The Morgan fingerprint density at radius 3 is 2.47 bits per heavy atom. The fraction of sp³-hybridized carbons (Fsp3) is 0.692. The summed E-state index contributed by atoms with van der Waals surface area (Å²) in [5.74, 6) is 0. The summed E-state index contributed by atoms with van der Waals surface area (Å²) in [7, 11) is -1.50. The highest BCUT2D eigenvalue weighted by Crippen LogP contribution is 2.19. The van der Waals surface area contributed by atoms with Crippen LogP contribution in [0.3, 0.4) is 0 Å². The van der Waals surface area contributed by atoms with E-state index in [4.69, 9.17) is 0 Å². The first-order valence-electron chi connectivity index (χ1n) is 6.84. The van der Waals surface area contributed by atoms with E-state index >= 15 is 0 Å². The lowest BCUT2D eigenvalue weighted by atomic mass is 10.4. The number of sulfonamides is 1. The molecule has 0 bridgehead atoms. The molecule has 5 nitrogen and oxygen atoms in total. The first-order chi connectivity index (χ1) is 9.01. The number of hydrogen-bond donors (Lipinski definition) is 1. The largest absolute Gasteiger partial charge is 0.349 e. The summed E-state index contributed by atoms with van der Waals surface area (Å²) < 4.78 is 28.6. The van der Waals surface area contributed by atoms with Crippen LogP contribution in [0.25, 0.3) is 0 Å². The van der Waals surface area contributed by atoms with Crippen molar-refractivity contribution >= 4 is 10.0 Å². The van der Waals surface area contributed by atoms with Gasteiger partial charge in [0.25, 0.3) is 0 Å². The predicted octanol–water partition coefficient (Wildman–Crippen LogP) is 1.65. The molecule has 0 spiro atoms. The zero-order valence-corrected chi connectivity index (χ0v) is 13.1. The maximum absolute atomic E-state index is 12.5. The smallest absolute Gasteiger partial charge is 0.244 e. The van der Waals surface area contributed by atoms with Crippen LogP contribution >= 0.6 is 0 Å². The van der Waals surface area contributed by atoms with Gasteiger partial charge in [-0.3, -0.25) is 0 Å². The Balaban J connectivity index is 3.13. The van der Waals surface area contributed by atoms with Crippen molar-refractivity contribution in [3.05, 3.63) is 18.0 Å². The molecule has 0 saturated carbocycles. The molecule has 6 heteroatoms. The second-order valence-electron chi connectivity index (χ2n) is 4.48. The standard InChI is InChI=1S/C13H25N3O2S/c1-5-8-16(7-3)19(17,18)13-9-12(10-14-4)15(6-2)11-13/h9,11,14H,5-8,10H2,1-4H3. The van der Waals surface area contributed by atoms with Crippen LogP contribution in [0.4, 0.5) is 0 Å². The molecular formula is C13H25N3O2S. The topological polar surface area (TPSA) is 54.3 Å². The van der Waals surface area contributed by atoms with Crippen LogP contribution in [0, 0.1) is 0 Å². The van der Waals surface area contributed by atoms with Crippen molar-refractivity contribution in [1.29, 1.82) is 0 Å². The Hall–Kier alpha value is -0.850. The quantitative estimate of drug-likeness (QED) is 0.791. The van der Waals surface area contributed by atoms with E-state index in [0.29, 0.717) is 24.5 Å². The van der Waals surface area contributed by atoms with Crippen molar-refractivity contribution in [3.63, 3.8) is 0 Å². The lowest BCUT2D eigenvalue weighted by molar-refractivity contribution is 0.427. The van der Waals surface area contributed by atoms with Gasteiger partial charge in [0.2, 0.25) is 10.0 Å². The molecule has 19 heavy (non-hydrogen) atoms. The Kier molecular flexibility index (Phi) is 6.03. The summed E-state index contributed by atoms with van der Waals surface area (Å²) in [4.78, 5) is 0.398. The lowest BCUT2D eigenvalue weighted by Crippen LogP contribution is -2.31. The van der Waals surface area contributed by atoms with Gasteiger partial charge in [-0.15, -0.1) is 0 Å². The Labute approximate surface area is 116 Å². The third-order valence-corrected chi connectivity index (χ3v) is 5.06. The molecule has 0 aliphatic rings. The van der Waals surface area contributed by atoms with Crippen LogP contribution in [0.1, 0.15) is 32.9 Å². The van der Waals surface area contributed by atoms with Gasteiger partial charge in [-0.25, -0.2) is 8.42 Å². The number of hydrogen-bond acceptors (Lipinski definition) is 3. The zero-order chi connectivity index (χ0) is 14.5. The summed E-state index contributed by atoms with van der Waals surface area (Å²) in [5.41, 5.74) is 0.996. The molecule has 110 valence electrons. The second kappa shape index (κ2) is 7.07. The molecule has 0 radical (unpaired) electrons. The Bertz CT molecular complexity index is 494. The van der Waals surface area contributed by atoms with E-state index < -0.39 is 10.0 Å². The molecule has 0 fully saturated rings. The second-order valence-corrected chi connectivity index (χ2v) is 6.42. The van der Waals surface area contributed by atoms with Gasteiger partial charge in [0.15, 0.2) is 0 Å². The van der Waals surface area contributed by atoms with E-state index in [1.807, 2.05) is 32.4 Å². The average Bonchev–Trinajstić information content (AvgIpc) is 2.80. The summed E-state index contributed by atoms with van der Waals surface area (Å²) >= 11 is 0. The van der Waals surface area contributed by atoms with Gasteiger partial charge in [0.05, 0.1) is 0 Å². The fourth-order valence-corrected chi connectivity index (χ4v) is 3.74. The summed E-state index contributed by atoms with van der Waals surface area (Å²) in [6, 6.07) is 1.77. The van der Waals surface area contributed by atoms with Gasteiger partial charge in [0, 0.05) is 38.1 Å². The van der Waals surface area contributed by atoms with Crippen LogP contribution in [0.5, 0.6) is 0 Å². The predicted molar refractivity (Wildman–Crippen MR) is 77.6 cm³/mol. The first-order valence-corrected chi connectivity index (χ1v) is 8.29. The minimum atomic E-state index is -3.36. The molecular weight excluding hydrogens is 262 g/mol. The number of nitrogens with zero attached hydrogens (tertiary/aromatic N) is 2. The molecule has 0 aromatic carbocycles. The van der Waals surface area contributed by atoms with Gasteiger partial charge in [-0.05, 0) is 26.5 Å². The maximum atomic E-state index is 12.5. The van der Waals surface area contributed by atoms with Crippen molar-refractivity contribution in [1.82, 2.24) is 14.2 Å². The Morgan fingerprint density at radius 1 is 1.32 bits per heavy atom. The van der Waals surface area contributed by atoms with Crippen molar-refractivity contribution in [2.75, 3.05) is 20.1 Å². The van der Waals surface area contributed by atoms with Crippen LogP contribution in [0.2, 0.25) is 0 Å². The molecule has 1 aromatic rings. The van der Waals surface area contributed by atoms with Crippen LogP contribution in [-0.2, 0) is 23.1 Å². The fourth-order valence-electron chi connectivity index (χ4n) is 2.14. The van der Waals surface area contributed by atoms with E-state index in [-0.39, 0.29) is 0 Å². The molecule has 0 aliphatic heterocycles. The minimum absolute atomic E-state index is 0.398. The highest BCUT2D eigenvalue weighted by molar-refractivity contribution is 7.89. The minimum Gasteiger partial charge on any atom is -0.349 e. The highest BCUT2D eigenvalue weighted by Gasteiger charge is 2.24. The molecule has 1 aromatic heterocycles. The molecule has 1 heterocycles. The highest BCUT2D eigenvalue weighted by atomic mass is 32.2. The molecule has 0 amide bonds. The molecule has 0 aliphatic carbocycles. The number of aryl methyl sites for hydroxylation is 1. The molecule has 0 saturated heterocycles. The Morgan fingerprint density at radius 2 is 2.00 bits per heavy atom.